The van der Waals surface area contributed by atoms with Gasteiger partial charge in [-0.15, -0.1) is 11.3 Å². The lowest BCUT2D eigenvalue weighted by Crippen LogP contribution is -2.30. The summed E-state index contributed by atoms with van der Waals surface area (Å²) in [5.41, 5.74) is 0. The van der Waals surface area contributed by atoms with Crippen LogP contribution in [0.2, 0.25) is 0 Å². The summed E-state index contributed by atoms with van der Waals surface area (Å²) in [6.45, 7) is 7.45. The second-order valence-electron chi connectivity index (χ2n) is 4.77. The molecule has 1 aromatic heterocycles. The van der Waals surface area contributed by atoms with Crippen LogP contribution in [0.1, 0.15) is 55.6 Å². The van der Waals surface area contributed by atoms with Gasteiger partial charge in [-0.05, 0) is 40.2 Å². The topological polar surface area (TPSA) is 36.4 Å². The number of thiazole rings is 1. The zero-order valence-corrected chi connectivity index (χ0v) is 11.0. The molecule has 0 aliphatic carbocycles. The van der Waals surface area contributed by atoms with Crippen LogP contribution in [0.3, 0.4) is 0 Å². The van der Waals surface area contributed by atoms with Crippen molar-refractivity contribution in [3.8, 4) is 0 Å². The fourth-order valence-electron chi connectivity index (χ4n) is 2.32. The van der Waals surface area contributed by atoms with Crippen LogP contribution in [-0.4, -0.2) is 27.6 Å². The van der Waals surface area contributed by atoms with E-state index in [-0.39, 0.29) is 6.10 Å². The van der Waals surface area contributed by atoms with Gasteiger partial charge in [0.2, 0.25) is 0 Å². The lowest BCUT2D eigenvalue weighted by Gasteiger charge is -2.26. The van der Waals surface area contributed by atoms with E-state index in [9.17, 15) is 5.11 Å². The van der Waals surface area contributed by atoms with Crippen LogP contribution < -0.4 is 0 Å². The van der Waals surface area contributed by atoms with Crippen LogP contribution in [0.15, 0.2) is 6.20 Å². The summed E-state index contributed by atoms with van der Waals surface area (Å²) in [6, 6.07) is 1.05. The van der Waals surface area contributed by atoms with Crippen LogP contribution >= 0.6 is 11.3 Å². The van der Waals surface area contributed by atoms with Crippen LogP contribution in [0.4, 0.5) is 0 Å². The fraction of sp³-hybridized carbons (Fsp3) is 0.750. The molecule has 1 N–H and O–H groups in total. The summed E-state index contributed by atoms with van der Waals surface area (Å²) in [5.74, 6) is 0. The Morgan fingerprint density at radius 3 is 2.81 bits per heavy atom. The van der Waals surface area contributed by atoms with Gasteiger partial charge in [0.05, 0.1) is 17.0 Å². The second-order valence-corrected chi connectivity index (χ2v) is 5.86. The van der Waals surface area contributed by atoms with E-state index in [0.29, 0.717) is 12.1 Å². The molecule has 3 nitrogen and oxygen atoms in total. The highest BCUT2D eigenvalue weighted by atomic mass is 32.1. The fourth-order valence-corrected chi connectivity index (χ4v) is 3.33. The van der Waals surface area contributed by atoms with E-state index >= 15 is 0 Å². The molecule has 1 aliphatic heterocycles. The molecule has 1 saturated heterocycles. The summed E-state index contributed by atoms with van der Waals surface area (Å²) in [4.78, 5) is 7.95. The predicted molar refractivity (Wildman–Crippen MR) is 66.6 cm³/mol. The summed E-state index contributed by atoms with van der Waals surface area (Å²) in [7, 11) is 0. The summed E-state index contributed by atoms with van der Waals surface area (Å²) in [6.07, 6.45) is 3.89. The third-order valence-electron chi connectivity index (χ3n) is 3.20. The van der Waals surface area contributed by atoms with E-state index in [2.05, 4.69) is 23.7 Å². The van der Waals surface area contributed by atoms with Crippen LogP contribution in [0.25, 0.3) is 0 Å². The minimum atomic E-state index is -0.389. The van der Waals surface area contributed by atoms with Crippen molar-refractivity contribution in [1.82, 2.24) is 9.88 Å². The first kappa shape index (κ1) is 12.0. The maximum atomic E-state index is 9.51. The van der Waals surface area contributed by atoms with E-state index in [1.807, 2.05) is 6.20 Å². The Morgan fingerprint density at radius 1 is 1.50 bits per heavy atom. The largest absolute Gasteiger partial charge is 0.388 e. The average Bonchev–Trinajstić information content (AvgIpc) is 2.86. The van der Waals surface area contributed by atoms with Crippen molar-refractivity contribution in [1.29, 1.82) is 0 Å². The first-order chi connectivity index (χ1) is 7.59. The Balaban J connectivity index is 2.16. The molecule has 0 saturated carbocycles. The maximum absolute atomic E-state index is 9.51. The van der Waals surface area contributed by atoms with E-state index in [4.69, 9.17) is 0 Å². The number of likely N-dealkylation sites (tertiary alicyclic amines) is 1. The standard InChI is InChI=1S/C12H20N2OS/c1-8(2)14-6-4-5-10(14)12-13-7-11(16-12)9(3)15/h7-10,15H,4-6H2,1-3H3. The highest BCUT2D eigenvalue weighted by molar-refractivity contribution is 7.11. The van der Waals surface area contributed by atoms with Crippen molar-refractivity contribution < 1.29 is 5.11 Å². The molecule has 2 unspecified atom stereocenters. The first-order valence-corrected chi connectivity index (χ1v) is 6.80. The molecule has 4 heteroatoms. The second kappa shape index (κ2) is 4.82. The Morgan fingerprint density at radius 2 is 2.25 bits per heavy atom. The number of rotatable bonds is 3. The molecule has 1 fully saturated rings. The number of hydrogen-bond acceptors (Lipinski definition) is 4. The van der Waals surface area contributed by atoms with Gasteiger partial charge in [0.1, 0.15) is 5.01 Å². The third-order valence-corrected chi connectivity index (χ3v) is 4.46. The Kier molecular flexibility index (Phi) is 3.62. The summed E-state index contributed by atoms with van der Waals surface area (Å²) >= 11 is 1.66. The zero-order chi connectivity index (χ0) is 11.7. The highest BCUT2D eigenvalue weighted by Crippen LogP contribution is 2.36. The minimum Gasteiger partial charge on any atom is -0.388 e. The van der Waals surface area contributed by atoms with Crippen molar-refractivity contribution in [2.45, 2.75) is 51.8 Å². The van der Waals surface area contributed by atoms with Crippen molar-refractivity contribution in [2.24, 2.45) is 0 Å². The molecule has 1 aromatic rings. The first-order valence-electron chi connectivity index (χ1n) is 5.99. The highest BCUT2D eigenvalue weighted by Gasteiger charge is 2.30. The van der Waals surface area contributed by atoms with Crippen LogP contribution in [-0.2, 0) is 0 Å². The van der Waals surface area contributed by atoms with Gasteiger partial charge in [0.25, 0.3) is 0 Å². The predicted octanol–water partition coefficient (Wildman–Crippen LogP) is 2.74. The van der Waals surface area contributed by atoms with Crippen molar-refractivity contribution in [3.63, 3.8) is 0 Å². The molecule has 2 heterocycles. The minimum absolute atomic E-state index is 0.389. The van der Waals surface area contributed by atoms with Gasteiger partial charge in [-0.25, -0.2) is 4.98 Å². The molecule has 90 valence electrons. The molecule has 0 bridgehead atoms. The lowest BCUT2D eigenvalue weighted by atomic mass is 10.2. The summed E-state index contributed by atoms with van der Waals surface area (Å²) in [5, 5.41) is 10.7. The molecule has 0 amide bonds. The average molecular weight is 240 g/mol. The van der Waals surface area contributed by atoms with E-state index < -0.39 is 0 Å². The lowest BCUT2D eigenvalue weighted by molar-refractivity contribution is 0.203. The van der Waals surface area contributed by atoms with Crippen LogP contribution in [0.5, 0.6) is 0 Å². The number of hydrogen-bond donors (Lipinski definition) is 1. The molecule has 0 spiro atoms. The number of aromatic nitrogens is 1. The number of nitrogens with zero attached hydrogens (tertiary/aromatic N) is 2. The van der Waals surface area contributed by atoms with Crippen molar-refractivity contribution in [2.75, 3.05) is 6.54 Å². The van der Waals surface area contributed by atoms with E-state index in [1.165, 1.54) is 24.4 Å². The maximum Gasteiger partial charge on any atom is 0.110 e. The molecule has 2 rings (SSSR count). The molecule has 1 aliphatic rings. The van der Waals surface area contributed by atoms with Gasteiger partial charge < -0.3 is 5.11 Å². The van der Waals surface area contributed by atoms with Gasteiger partial charge in [0.15, 0.2) is 0 Å². The monoisotopic (exact) mass is 240 g/mol. The van der Waals surface area contributed by atoms with Crippen molar-refractivity contribution in [3.05, 3.63) is 16.1 Å². The van der Waals surface area contributed by atoms with Gasteiger partial charge in [0, 0.05) is 12.2 Å². The van der Waals surface area contributed by atoms with E-state index in [1.54, 1.807) is 18.3 Å². The van der Waals surface area contributed by atoms with Gasteiger partial charge in [-0.3, -0.25) is 4.90 Å². The molecular formula is C12H20N2OS. The number of aliphatic hydroxyl groups is 1. The Hall–Kier alpha value is -0.450. The Labute approximate surface area is 101 Å². The SMILES string of the molecule is CC(O)c1cnc(C2CCCN2C(C)C)s1. The van der Waals surface area contributed by atoms with Gasteiger partial charge in [-0.1, -0.05) is 0 Å². The smallest absolute Gasteiger partial charge is 0.110 e. The molecule has 0 aromatic carbocycles. The Bertz CT molecular complexity index is 349. The molecule has 16 heavy (non-hydrogen) atoms. The number of aliphatic hydroxyl groups excluding tert-OH is 1. The molecule has 0 radical (unpaired) electrons. The molecule has 2 atom stereocenters. The normalized spacial score (nSPS) is 24.2. The van der Waals surface area contributed by atoms with E-state index in [0.717, 1.165) is 4.88 Å². The van der Waals surface area contributed by atoms with Gasteiger partial charge >= 0.3 is 0 Å². The summed E-state index contributed by atoms with van der Waals surface area (Å²) < 4.78 is 0. The quantitative estimate of drug-likeness (QED) is 0.882. The third kappa shape index (κ3) is 2.29. The molecular weight excluding hydrogens is 220 g/mol. The zero-order valence-electron chi connectivity index (χ0n) is 10.2. The van der Waals surface area contributed by atoms with Gasteiger partial charge in [-0.2, -0.15) is 0 Å². The van der Waals surface area contributed by atoms with Crippen molar-refractivity contribution >= 4 is 11.3 Å². The van der Waals surface area contributed by atoms with Crippen LogP contribution in [0, 0.1) is 0 Å².